The van der Waals surface area contributed by atoms with Gasteiger partial charge < -0.3 is 14.8 Å². The molecule has 0 amide bonds. The molecule has 2 rings (SSSR count). The highest BCUT2D eigenvalue weighted by Crippen LogP contribution is 2.40. The summed E-state index contributed by atoms with van der Waals surface area (Å²) in [6.07, 6.45) is 7.19. The fourth-order valence-electron chi connectivity index (χ4n) is 3.87. The first-order valence-corrected chi connectivity index (χ1v) is 8.60. The molecule has 1 N–H and O–H groups in total. The van der Waals surface area contributed by atoms with Crippen LogP contribution in [0.3, 0.4) is 0 Å². The fraction of sp³-hybridized carbons (Fsp3) is 1.00. The lowest BCUT2D eigenvalue weighted by molar-refractivity contribution is -0.152. The van der Waals surface area contributed by atoms with Gasteiger partial charge in [0.05, 0.1) is 5.60 Å². The van der Waals surface area contributed by atoms with Crippen molar-refractivity contribution in [2.24, 2.45) is 11.8 Å². The maximum Gasteiger partial charge on any atom is 0.0729 e. The Morgan fingerprint density at radius 3 is 2.65 bits per heavy atom. The third kappa shape index (κ3) is 4.44. The van der Waals surface area contributed by atoms with Gasteiger partial charge in [0.25, 0.3) is 0 Å². The lowest BCUT2D eigenvalue weighted by Gasteiger charge is -2.45. The maximum atomic E-state index is 6.16. The average Bonchev–Trinajstić information content (AvgIpc) is 2.46. The molecule has 0 aromatic heterocycles. The minimum Gasteiger partial charge on any atom is -0.381 e. The van der Waals surface area contributed by atoms with Crippen LogP contribution in [0.4, 0.5) is 0 Å². The van der Waals surface area contributed by atoms with E-state index in [-0.39, 0.29) is 5.60 Å². The largest absolute Gasteiger partial charge is 0.381 e. The highest BCUT2D eigenvalue weighted by atomic mass is 16.5. The fourth-order valence-corrected chi connectivity index (χ4v) is 3.87. The molecule has 0 saturated carbocycles. The number of hydrogen-bond donors (Lipinski definition) is 1. The second-order valence-electron chi connectivity index (χ2n) is 6.96. The molecule has 1 spiro atoms. The Kier molecular flexibility index (Phi) is 6.31. The first kappa shape index (κ1) is 16.3. The van der Waals surface area contributed by atoms with Crippen LogP contribution in [-0.4, -0.2) is 38.0 Å². The minimum atomic E-state index is 0.148. The van der Waals surface area contributed by atoms with E-state index in [1.54, 1.807) is 0 Å². The molecule has 3 heteroatoms. The van der Waals surface area contributed by atoms with Crippen LogP contribution in [0.5, 0.6) is 0 Å². The van der Waals surface area contributed by atoms with Gasteiger partial charge in [-0.1, -0.05) is 13.8 Å². The van der Waals surface area contributed by atoms with E-state index in [0.717, 1.165) is 51.0 Å². The van der Waals surface area contributed by atoms with Gasteiger partial charge in [0.1, 0.15) is 0 Å². The summed E-state index contributed by atoms with van der Waals surface area (Å²) >= 11 is 0. The van der Waals surface area contributed by atoms with E-state index in [4.69, 9.17) is 9.47 Å². The van der Waals surface area contributed by atoms with Gasteiger partial charge >= 0.3 is 0 Å². The van der Waals surface area contributed by atoms with Gasteiger partial charge in [-0.2, -0.15) is 0 Å². The van der Waals surface area contributed by atoms with Crippen molar-refractivity contribution in [3.63, 3.8) is 0 Å². The Hall–Kier alpha value is -0.120. The second-order valence-corrected chi connectivity index (χ2v) is 6.96. The van der Waals surface area contributed by atoms with Gasteiger partial charge in [0, 0.05) is 25.9 Å². The zero-order chi connectivity index (χ0) is 14.4. The van der Waals surface area contributed by atoms with E-state index < -0.39 is 0 Å². The second kappa shape index (κ2) is 7.77. The molecular weight excluding hydrogens is 250 g/mol. The van der Waals surface area contributed by atoms with Crippen LogP contribution in [0.1, 0.15) is 59.3 Å². The molecule has 2 saturated heterocycles. The Bertz CT molecular complexity index is 271. The first-order valence-electron chi connectivity index (χ1n) is 8.60. The molecule has 118 valence electrons. The van der Waals surface area contributed by atoms with Gasteiger partial charge in [-0.05, 0) is 63.8 Å². The molecule has 2 fully saturated rings. The van der Waals surface area contributed by atoms with Gasteiger partial charge in [-0.25, -0.2) is 0 Å². The van der Waals surface area contributed by atoms with Crippen molar-refractivity contribution in [3.05, 3.63) is 0 Å². The molecule has 0 bridgehead atoms. The summed E-state index contributed by atoms with van der Waals surface area (Å²) < 4.78 is 11.7. The summed E-state index contributed by atoms with van der Waals surface area (Å²) in [5.41, 5.74) is 0.148. The standard InChI is InChI=1S/C17H33NO2/c1-4-8-18-15(3)12-14(2)16-5-9-20-17(13-16)6-10-19-11-7-17/h14-16,18H,4-13H2,1-3H3. The third-order valence-electron chi connectivity index (χ3n) is 5.21. The van der Waals surface area contributed by atoms with Crippen molar-refractivity contribution in [1.82, 2.24) is 5.32 Å². The van der Waals surface area contributed by atoms with Gasteiger partial charge in [-0.15, -0.1) is 0 Å². The molecular formula is C17H33NO2. The van der Waals surface area contributed by atoms with Crippen LogP contribution in [0, 0.1) is 11.8 Å². The van der Waals surface area contributed by atoms with Gasteiger partial charge in [0.15, 0.2) is 0 Å². The number of rotatable bonds is 6. The zero-order valence-corrected chi connectivity index (χ0v) is 13.6. The summed E-state index contributed by atoms with van der Waals surface area (Å²) in [7, 11) is 0. The molecule has 0 radical (unpaired) electrons. The average molecular weight is 283 g/mol. The molecule has 0 aromatic rings. The lowest BCUT2D eigenvalue weighted by Crippen LogP contribution is -2.46. The topological polar surface area (TPSA) is 30.5 Å². The Labute approximate surface area is 124 Å². The highest BCUT2D eigenvalue weighted by Gasteiger charge is 2.40. The van der Waals surface area contributed by atoms with Crippen molar-refractivity contribution in [2.75, 3.05) is 26.4 Å². The van der Waals surface area contributed by atoms with E-state index in [1.165, 1.54) is 25.7 Å². The quantitative estimate of drug-likeness (QED) is 0.810. The summed E-state index contributed by atoms with van der Waals surface area (Å²) in [5, 5.41) is 3.62. The molecule has 20 heavy (non-hydrogen) atoms. The zero-order valence-electron chi connectivity index (χ0n) is 13.6. The minimum absolute atomic E-state index is 0.148. The van der Waals surface area contributed by atoms with Crippen molar-refractivity contribution >= 4 is 0 Å². The van der Waals surface area contributed by atoms with Gasteiger partial charge in [0.2, 0.25) is 0 Å². The predicted octanol–water partition coefficient (Wildman–Crippen LogP) is 3.38. The van der Waals surface area contributed by atoms with Gasteiger partial charge in [-0.3, -0.25) is 0 Å². The molecule has 3 nitrogen and oxygen atoms in total. The number of hydrogen-bond acceptors (Lipinski definition) is 3. The predicted molar refractivity (Wildman–Crippen MR) is 83.0 cm³/mol. The van der Waals surface area contributed by atoms with Crippen LogP contribution < -0.4 is 5.32 Å². The summed E-state index contributed by atoms with van der Waals surface area (Å²) in [6.45, 7) is 10.9. The van der Waals surface area contributed by atoms with Crippen LogP contribution in [0.15, 0.2) is 0 Å². The molecule has 2 aliphatic heterocycles. The summed E-state index contributed by atoms with van der Waals surface area (Å²) in [6, 6.07) is 0.637. The molecule has 3 atom stereocenters. The van der Waals surface area contributed by atoms with Crippen molar-refractivity contribution in [1.29, 1.82) is 0 Å². The Morgan fingerprint density at radius 1 is 1.20 bits per heavy atom. The number of nitrogens with one attached hydrogen (secondary N) is 1. The molecule has 2 heterocycles. The van der Waals surface area contributed by atoms with Crippen LogP contribution in [0.2, 0.25) is 0 Å². The summed E-state index contributed by atoms with van der Waals surface area (Å²) in [4.78, 5) is 0. The molecule has 0 aromatic carbocycles. The van der Waals surface area contributed by atoms with Crippen molar-refractivity contribution < 1.29 is 9.47 Å². The third-order valence-corrected chi connectivity index (χ3v) is 5.21. The van der Waals surface area contributed by atoms with Crippen LogP contribution >= 0.6 is 0 Å². The molecule has 2 aliphatic rings. The van der Waals surface area contributed by atoms with E-state index in [9.17, 15) is 0 Å². The van der Waals surface area contributed by atoms with E-state index in [2.05, 4.69) is 26.1 Å². The Morgan fingerprint density at radius 2 is 1.95 bits per heavy atom. The molecule has 3 unspecified atom stereocenters. The maximum absolute atomic E-state index is 6.16. The monoisotopic (exact) mass is 283 g/mol. The lowest BCUT2D eigenvalue weighted by atomic mass is 9.74. The van der Waals surface area contributed by atoms with E-state index in [0.29, 0.717) is 6.04 Å². The number of ether oxygens (including phenoxy) is 2. The summed E-state index contributed by atoms with van der Waals surface area (Å²) in [5.74, 6) is 1.62. The van der Waals surface area contributed by atoms with Crippen molar-refractivity contribution in [2.45, 2.75) is 70.9 Å². The SMILES string of the molecule is CCCNC(C)CC(C)C1CCOC2(CCOCC2)C1. The first-order chi connectivity index (χ1) is 9.65. The van der Waals surface area contributed by atoms with Crippen LogP contribution in [0.25, 0.3) is 0 Å². The normalized spacial score (nSPS) is 29.2. The van der Waals surface area contributed by atoms with E-state index in [1.807, 2.05) is 0 Å². The smallest absolute Gasteiger partial charge is 0.0729 e. The highest BCUT2D eigenvalue weighted by molar-refractivity contribution is 4.90. The van der Waals surface area contributed by atoms with Crippen molar-refractivity contribution in [3.8, 4) is 0 Å². The Balaban J connectivity index is 1.81. The van der Waals surface area contributed by atoms with E-state index >= 15 is 0 Å². The van der Waals surface area contributed by atoms with Crippen LogP contribution in [-0.2, 0) is 9.47 Å². The molecule has 0 aliphatic carbocycles.